The predicted octanol–water partition coefficient (Wildman–Crippen LogP) is 0.805. The summed E-state index contributed by atoms with van der Waals surface area (Å²) < 4.78 is 16.3. The Morgan fingerprint density at radius 2 is 1.70 bits per heavy atom. The zero-order chi connectivity index (χ0) is 21.7. The Balaban J connectivity index is 1.61. The number of aliphatic hydroxyl groups excluding tert-OH is 4. The summed E-state index contributed by atoms with van der Waals surface area (Å²) in [6, 6.07) is 13.3. The van der Waals surface area contributed by atoms with Gasteiger partial charge in [-0.3, -0.25) is 4.79 Å². The minimum absolute atomic E-state index is 0.00499. The molecule has 9 heteroatoms. The van der Waals surface area contributed by atoms with Crippen molar-refractivity contribution in [3.05, 3.63) is 64.7 Å². The van der Waals surface area contributed by atoms with Crippen LogP contribution in [0, 0.1) is 0 Å². The van der Waals surface area contributed by atoms with Crippen LogP contribution in [0.5, 0.6) is 5.75 Å². The number of carbonyl (C=O) groups is 1. The number of ether oxygens (including phenoxy) is 3. The number of aliphatic hydroxyl groups is 4. The molecule has 1 fully saturated rings. The standard InChI is InChI=1S/C21H23ClO8/c22-14-7-5-12(6-8-14)9-17(24)28-11-16-18(25)19(26)20(27)21(30-16)29-15-4-2-1-3-13(15)10-23/h1-8,16,18-21,23,25-27H,9-11H2/t16-,18-,19+,20-,21-/m1/s1. The van der Waals surface area contributed by atoms with Gasteiger partial charge in [0.25, 0.3) is 0 Å². The van der Waals surface area contributed by atoms with E-state index in [1.54, 1.807) is 48.5 Å². The molecule has 1 heterocycles. The molecule has 2 aromatic rings. The highest BCUT2D eigenvalue weighted by Crippen LogP contribution is 2.27. The van der Waals surface area contributed by atoms with Crippen LogP contribution in [0.2, 0.25) is 5.02 Å². The summed E-state index contributed by atoms with van der Waals surface area (Å²) in [5, 5.41) is 40.5. The fourth-order valence-corrected chi connectivity index (χ4v) is 3.15. The second-order valence-corrected chi connectivity index (χ2v) is 7.32. The summed E-state index contributed by atoms with van der Waals surface area (Å²) in [5.74, 6) is -0.303. The van der Waals surface area contributed by atoms with Crippen LogP contribution in [0.25, 0.3) is 0 Å². The lowest BCUT2D eigenvalue weighted by molar-refractivity contribution is -0.278. The minimum atomic E-state index is -1.58. The van der Waals surface area contributed by atoms with E-state index >= 15 is 0 Å². The lowest BCUT2D eigenvalue weighted by Crippen LogP contribution is -2.60. The molecular weight excluding hydrogens is 416 g/mol. The van der Waals surface area contributed by atoms with Crippen LogP contribution in [-0.2, 0) is 27.3 Å². The van der Waals surface area contributed by atoms with E-state index in [2.05, 4.69) is 0 Å². The second kappa shape index (κ2) is 10.2. The lowest BCUT2D eigenvalue weighted by Gasteiger charge is -2.40. The summed E-state index contributed by atoms with van der Waals surface area (Å²) in [6.45, 7) is -0.644. The normalized spacial score (nSPS) is 26.2. The molecule has 0 amide bonds. The van der Waals surface area contributed by atoms with Crippen LogP contribution in [0.3, 0.4) is 0 Å². The molecule has 1 aliphatic rings. The van der Waals surface area contributed by atoms with Gasteiger partial charge < -0.3 is 34.6 Å². The highest BCUT2D eigenvalue weighted by atomic mass is 35.5. The van der Waals surface area contributed by atoms with Crippen LogP contribution in [0.4, 0.5) is 0 Å². The molecule has 0 radical (unpaired) electrons. The van der Waals surface area contributed by atoms with Crippen LogP contribution in [0.15, 0.2) is 48.5 Å². The monoisotopic (exact) mass is 438 g/mol. The molecule has 0 spiro atoms. The molecule has 3 rings (SSSR count). The second-order valence-electron chi connectivity index (χ2n) is 6.88. The van der Waals surface area contributed by atoms with Crippen LogP contribution in [0.1, 0.15) is 11.1 Å². The maximum atomic E-state index is 12.1. The van der Waals surface area contributed by atoms with Crippen molar-refractivity contribution in [1.82, 2.24) is 0 Å². The first kappa shape index (κ1) is 22.5. The lowest BCUT2D eigenvalue weighted by atomic mass is 9.99. The predicted molar refractivity (Wildman–Crippen MR) is 106 cm³/mol. The summed E-state index contributed by atoms with van der Waals surface area (Å²) in [5.41, 5.74) is 1.16. The summed E-state index contributed by atoms with van der Waals surface area (Å²) in [7, 11) is 0. The number of hydrogen-bond acceptors (Lipinski definition) is 8. The molecule has 0 aliphatic carbocycles. The third-order valence-electron chi connectivity index (χ3n) is 4.72. The topological polar surface area (TPSA) is 126 Å². The maximum absolute atomic E-state index is 12.1. The maximum Gasteiger partial charge on any atom is 0.310 e. The van der Waals surface area contributed by atoms with E-state index in [1.165, 1.54) is 0 Å². The highest BCUT2D eigenvalue weighted by Gasteiger charge is 2.45. The molecule has 162 valence electrons. The summed E-state index contributed by atoms with van der Waals surface area (Å²) >= 11 is 5.81. The van der Waals surface area contributed by atoms with Gasteiger partial charge in [-0.2, -0.15) is 0 Å². The van der Waals surface area contributed by atoms with Crippen LogP contribution in [-0.4, -0.2) is 63.7 Å². The minimum Gasteiger partial charge on any atom is -0.463 e. The number of rotatable bonds is 7. The quantitative estimate of drug-likeness (QED) is 0.468. The average Bonchev–Trinajstić information content (AvgIpc) is 2.75. The van der Waals surface area contributed by atoms with Gasteiger partial charge >= 0.3 is 5.97 Å². The van der Waals surface area contributed by atoms with E-state index in [9.17, 15) is 25.2 Å². The Morgan fingerprint density at radius 1 is 1.00 bits per heavy atom. The smallest absolute Gasteiger partial charge is 0.310 e. The Labute approximate surface area is 178 Å². The number of para-hydroxylation sites is 1. The van der Waals surface area contributed by atoms with Gasteiger partial charge in [0, 0.05) is 10.6 Å². The average molecular weight is 439 g/mol. The molecule has 5 atom stereocenters. The van der Waals surface area contributed by atoms with Gasteiger partial charge in [-0.25, -0.2) is 0 Å². The molecule has 8 nitrogen and oxygen atoms in total. The van der Waals surface area contributed by atoms with Crippen molar-refractivity contribution in [2.75, 3.05) is 6.61 Å². The Hall–Kier alpha value is -2.20. The van der Waals surface area contributed by atoms with Crippen LogP contribution >= 0.6 is 11.6 Å². The molecule has 0 saturated carbocycles. The van der Waals surface area contributed by atoms with Gasteiger partial charge in [0.15, 0.2) is 0 Å². The van der Waals surface area contributed by atoms with Crippen molar-refractivity contribution < 1.29 is 39.4 Å². The molecule has 4 N–H and O–H groups in total. The van der Waals surface area contributed by atoms with E-state index in [1.807, 2.05) is 0 Å². The first-order valence-corrected chi connectivity index (χ1v) is 9.72. The van der Waals surface area contributed by atoms with Crippen molar-refractivity contribution in [2.45, 2.75) is 43.7 Å². The highest BCUT2D eigenvalue weighted by molar-refractivity contribution is 6.30. The largest absolute Gasteiger partial charge is 0.463 e. The number of esters is 1. The van der Waals surface area contributed by atoms with E-state index in [4.69, 9.17) is 25.8 Å². The number of carbonyl (C=O) groups excluding carboxylic acids is 1. The molecule has 0 aromatic heterocycles. The third kappa shape index (κ3) is 5.48. The van der Waals surface area contributed by atoms with Crippen molar-refractivity contribution in [1.29, 1.82) is 0 Å². The zero-order valence-electron chi connectivity index (χ0n) is 15.9. The van der Waals surface area contributed by atoms with Gasteiger partial charge in [0.1, 0.15) is 36.8 Å². The van der Waals surface area contributed by atoms with Gasteiger partial charge in [-0.05, 0) is 23.8 Å². The van der Waals surface area contributed by atoms with E-state index in [0.717, 1.165) is 0 Å². The Bertz CT molecular complexity index is 843. The molecule has 0 bridgehead atoms. The van der Waals surface area contributed by atoms with E-state index in [0.29, 0.717) is 16.1 Å². The molecular formula is C21H23ClO8. The van der Waals surface area contributed by atoms with Crippen molar-refractivity contribution >= 4 is 17.6 Å². The summed E-state index contributed by atoms with van der Waals surface area (Å²) in [4.78, 5) is 12.1. The number of benzene rings is 2. The fourth-order valence-electron chi connectivity index (χ4n) is 3.02. The first-order valence-electron chi connectivity index (χ1n) is 9.34. The Kier molecular flexibility index (Phi) is 7.65. The SMILES string of the molecule is O=C(Cc1ccc(Cl)cc1)OC[C@H]1O[C@@H](Oc2ccccc2CO)[C@H](O)[C@@H](O)[C@@H]1O. The third-order valence-corrected chi connectivity index (χ3v) is 4.98. The fraction of sp³-hybridized carbons (Fsp3) is 0.381. The molecule has 1 saturated heterocycles. The first-order chi connectivity index (χ1) is 14.4. The Morgan fingerprint density at radius 3 is 2.40 bits per heavy atom. The van der Waals surface area contributed by atoms with Gasteiger partial charge in [-0.1, -0.05) is 41.9 Å². The van der Waals surface area contributed by atoms with E-state index in [-0.39, 0.29) is 25.4 Å². The molecule has 1 aliphatic heterocycles. The molecule has 30 heavy (non-hydrogen) atoms. The summed E-state index contributed by atoms with van der Waals surface area (Å²) in [6.07, 6.45) is -7.08. The number of halogens is 1. The molecule has 0 unspecified atom stereocenters. The van der Waals surface area contributed by atoms with Crippen molar-refractivity contribution in [3.8, 4) is 5.75 Å². The van der Waals surface area contributed by atoms with Gasteiger partial charge in [-0.15, -0.1) is 0 Å². The van der Waals surface area contributed by atoms with Gasteiger partial charge in [0.05, 0.1) is 13.0 Å². The zero-order valence-corrected chi connectivity index (χ0v) is 16.7. The van der Waals surface area contributed by atoms with Gasteiger partial charge in [0.2, 0.25) is 6.29 Å². The van der Waals surface area contributed by atoms with E-state index < -0.39 is 36.7 Å². The number of hydrogen-bond donors (Lipinski definition) is 4. The molecule has 2 aromatic carbocycles. The van der Waals surface area contributed by atoms with Crippen molar-refractivity contribution in [3.63, 3.8) is 0 Å². The van der Waals surface area contributed by atoms with Crippen molar-refractivity contribution in [2.24, 2.45) is 0 Å². The van der Waals surface area contributed by atoms with Crippen LogP contribution < -0.4 is 4.74 Å².